The summed E-state index contributed by atoms with van der Waals surface area (Å²) in [7, 11) is -1.25. The molecule has 1 aliphatic rings. The van der Waals surface area contributed by atoms with Crippen LogP contribution in [0, 0.1) is 0 Å². The number of carbonyl (C=O) groups is 1. The number of amides is 1. The van der Waals surface area contributed by atoms with Gasteiger partial charge >= 0.3 is 6.18 Å². The van der Waals surface area contributed by atoms with Crippen LogP contribution in [0.1, 0.15) is 30.0 Å². The summed E-state index contributed by atoms with van der Waals surface area (Å²) >= 11 is 0. The summed E-state index contributed by atoms with van der Waals surface area (Å²) in [6.07, 6.45) is 0.902. The Bertz CT molecular complexity index is 1180. The highest BCUT2D eigenvalue weighted by Crippen LogP contribution is 2.34. The largest absolute Gasteiger partial charge is 0.433 e. The minimum absolute atomic E-state index is 0.115. The molecule has 0 bridgehead atoms. The second kappa shape index (κ2) is 10.5. The van der Waals surface area contributed by atoms with Crippen molar-refractivity contribution in [1.29, 1.82) is 0 Å². The number of piperidine rings is 1. The number of carbonyl (C=O) groups excluding carboxylic acids is 1. The average Bonchev–Trinajstić information content (AvgIpc) is 3.25. The number of anilines is 1. The van der Waals surface area contributed by atoms with E-state index >= 15 is 0 Å². The van der Waals surface area contributed by atoms with Crippen molar-refractivity contribution in [3.63, 3.8) is 0 Å². The highest BCUT2D eigenvalue weighted by atomic mass is 28.3. The molecular weight excluding hydrogens is 487 g/mol. The Kier molecular flexibility index (Phi) is 7.60. The summed E-state index contributed by atoms with van der Waals surface area (Å²) in [5.74, 6) is 0.340. The van der Waals surface area contributed by atoms with E-state index < -0.39 is 19.9 Å². The molecule has 3 aromatic heterocycles. The van der Waals surface area contributed by atoms with Crippen molar-refractivity contribution in [2.45, 2.75) is 57.4 Å². The molecule has 1 saturated heterocycles. The average molecular weight is 518 g/mol. The zero-order valence-corrected chi connectivity index (χ0v) is 21.6. The van der Waals surface area contributed by atoms with Crippen LogP contribution < -0.4 is 4.90 Å². The minimum atomic E-state index is -4.49. The van der Waals surface area contributed by atoms with E-state index in [0.29, 0.717) is 36.6 Å². The third-order valence-electron chi connectivity index (χ3n) is 6.19. The number of hydrogen-bond acceptors (Lipinski definition) is 5. The number of alkyl halides is 3. The van der Waals surface area contributed by atoms with E-state index in [2.05, 4.69) is 29.6 Å². The molecule has 1 aliphatic heterocycles. The standard InChI is InChI=1S/C25H30F3N5O2Si/c1-36(2,3)13-12-35-17-33-23(15-21(31-33)18-6-9-29-10-7-18)32-11-8-19(14-24(32)34)20-4-5-22(30-16-20)25(26,27)28/h4-7,9-10,15-16,19H,8,11-14,17H2,1-3H3. The summed E-state index contributed by atoms with van der Waals surface area (Å²) < 4.78 is 46.2. The lowest BCUT2D eigenvalue weighted by atomic mass is 9.90. The topological polar surface area (TPSA) is 73.1 Å². The van der Waals surface area contributed by atoms with Crippen LogP contribution in [-0.2, 0) is 22.4 Å². The lowest BCUT2D eigenvalue weighted by Crippen LogP contribution is -2.39. The first-order chi connectivity index (χ1) is 17.0. The van der Waals surface area contributed by atoms with E-state index in [1.54, 1.807) is 22.0 Å². The van der Waals surface area contributed by atoms with E-state index in [-0.39, 0.29) is 25.0 Å². The molecule has 36 heavy (non-hydrogen) atoms. The molecule has 0 saturated carbocycles. The fraction of sp³-hybridized carbons (Fsp3) is 0.440. The first-order valence-corrected chi connectivity index (χ1v) is 15.6. The maximum atomic E-state index is 13.2. The molecule has 1 amide bonds. The van der Waals surface area contributed by atoms with Crippen molar-refractivity contribution in [2.24, 2.45) is 0 Å². The van der Waals surface area contributed by atoms with Crippen LogP contribution in [-0.4, -0.2) is 46.9 Å². The number of hydrogen-bond donors (Lipinski definition) is 0. The number of pyridine rings is 2. The molecule has 0 radical (unpaired) electrons. The van der Waals surface area contributed by atoms with Crippen molar-refractivity contribution in [2.75, 3.05) is 18.1 Å². The first-order valence-electron chi connectivity index (χ1n) is 11.9. The van der Waals surface area contributed by atoms with Crippen LogP contribution >= 0.6 is 0 Å². The van der Waals surface area contributed by atoms with Crippen LogP contribution in [0.25, 0.3) is 11.3 Å². The SMILES string of the molecule is C[Si](C)(C)CCOCn1nc(-c2ccncc2)cc1N1CCC(c2ccc(C(F)(F)F)nc2)CC1=O. The number of aromatic nitrogens is 4. The number of halogens is 3. The Morgan fingerprint density at radius 1 is 1.14 bits per heavy atom. The van der Waals surface area contributed by atoms with E-state index in [1.165, 1.54) is 12.3 Å². The van der Waals surface area contributed by atoms with Gasteiger partial charge in [-0.15, -0.1) is 0 Å². The van der Waals surface area contributed by atoms with Gasteiger partial charge in [-0.25, -0.2) is 4.68 Å². The fourth-order valence-corrected chi connectivity index (χ4v) is 4.84. The van der Waals surface area contributed by atoms with Gasteiger partial charge in [0.15, 0.2) is 0 Å². The van der Waals surface area contributed by atoms with E-state index in [4.69, 9.17) is 9.84 Å². The maximum Gasteiger partial charge on any atom is 0.433 e. The normalized spacial score (nSPS) is 17.0. The molecule has 7 nitrogen and oxygen atoms in total. The van der Waals surface area contributed by atoms with Gasteiger partial charge in [-0.1, -0.05) is 25.7 Å². The second-order valence-corrected chi connectivity index (χ2v) is 15.8. The van der Waals surface area contributed by atoms with Gasteiger partial charge in [0.05, 0.1) is 5.69 Å². The molecule has 0 aliphatic carbocycles. The van der Waals surface area contributed by atoms with Gasteiger partial charge in [0.25, 0.3) is 0 Å². The molecule has 3 aromatic rings. The third kappa shape index (κ3) is 6.38. The summed E-state index contributed by atoms with van der Waals surface area (Å²) in [5, 5.41) is 4.70. The molecule has 0 N–H and O–H groups in total. The van der Waals surface area contributed by atoms with Gasteiger partial charge in [0.2, 0.25) is 5.91 Å². The van der Waals surface area contributed by atoms with Crippen LogP contribution in [0.15, 0.2) is 48.9 Å². The molecular formula is C25H30F3N5O2Si. The lowest BCUT2D eigenvalue weighted by molar-refractivity contribution is -0.141. The van der Waals surface area contributed by atoms with Crippen molar-refractivity contribution >= 4 is 19.8 Å². The Morgan fingerprint density at radius 2 is 1.89 bits per heavy atom. The van der Waals surface area contributed by atoms with Crippen molar-refractivity contribution < 1.29 is 22.7 Å². The molecule has 11 heteroatoms. The smallest absolute Gasteiger partial charge is 0.359 e. The number of ether oxygens (including phenoxy) is 1. The Morgan fingerprint density at radius 3 is 2.50 bits per heavy atom. The predicted octanol–water partition coefficient (Wildman–Crippen LogP) is 5.58. The molecule has 192 valence electrons. The highest BCUT2D eigenvalue weighted by molar-refractivity contribution is 6.76. The zero-order chi connectivity index (χ0) is 25.9. The molecule has 1 atom stereocenters. The van der Waals surface area contributed by atoms with E-state index in [0.717, 1.165) is 17.7 Å². The summed E-state index contributed by atoms with van der Waals surface area (Å²) in [4.78, 5) is 22.5. The van der Waals surface area contributed by atoms with Crippen LogP contribution in [0.2, 0.25) is 25.7 Å². The van der Waals surface area contributed by atoms with Crippen LogP contribution in [0.4, 0.5) is 19.0 Å². The van der Waals surface area contributed by atoms with Crippen LogP contribution in [0.3, 0.4) is 0 Å². The third-order valence-corrected chi connectivity index (χ3v) is 7.90. The Hall–Kier alpha value is -3.05. The van der Waals surface area contributed by atoms with Gasteiger partial charge < -0.3 is 4.74 Å². The van der Waals surface area contributed by atoms with Crippen molar-refractivity contribution in [3.05, 3.63) is 60.2 Å². The first kappa shape index (κ1) is 26.0. The summed E-state index contributed by atoms with van der Waals surface area (Å²) in [6, 6.07) is 8.99. The second-order valence-electron chi connectivity index (χ2n) is 10.2. The summed E-state index contributed by atoms with van der Waals surface area (Å²) in [6.45, 7) is 8.11. The Labute approximate surface area is 209 Å². The van der Waals surface area contributed by atoms with E-state index in [9.17, 15) is 18.0 Å². The maximum absolute atomic E-state index is 13.2. The zero-order valence-electron chi connectivity index (χ0n) is 20.6. The monoisotopic (exact) mass is 517 g/mol. The number of nitrogens with zero attached hydrogens (tertiary/aromatic N) is 5. The minimum Gasteiger partial charge on any atom is -0.359 e. The van der Waals surface area contributed by atoms with Crippen molar-refractivity contribution in [1.82, 2.24) is 19.7 Å². The van der Waals surface area contributed by atoms with Gasteiger partial charge in [0, 0.05) is 57.9 Å². The Balaban J connectivity index is 1.51. The molecule has 4 heterocycles. The van der Waals surface area contributed by atoms with Crippen molar-refractivity contribution in [3.8, 4) is 11.3 Å². The number of rotatable bonds is 8. The van der Waals surface area contributed by atoms with Gasteiger partial charge in [-0.2, -0.15) is 18.3 Å². The predicted molar refractivity (Wildman–Crippen MR) is 133 cm³/mol. The van der Waals surface area contributed by atoms with Gasteiger partial charge in [0.1, 0.15) is 18.2 Å². The molecule has 1 fully saturated rings. The molecule has 1 unspecified atom stereocenters. The molecule has 4 rings (SSSR count). The van der Waals surface area contributed by atoms with Gasteiger partial charge in [-0.3, -0.25) is 19.7 Å². The lowest BCUT2D eigenvalue weighted by Gasteiger charge is -2.32. The highest BCUT2D eigenvalue weighted by Gasteiger charge is 2.34. The fourth-order valence-electron chi connectivity index (χ4n) is 4.09. The van der Waals surface area contributed by atoms with Gasteiger partial charge in [-0.05, 0) is 42.1 Å². The molecule has 0 spiro atoms. The quantitative estimate of drug-likeness (QED) is 0.288. The molecule has 0 aromatic carbocycles. The summed E-state index contributed by atoms with van der Waals surface area (Å²) in [5.41, 5.74) is 1.29. The van der Waals surface area contributed by atoms with Crippen LogP contribution in [0.5, 0.6) is 0 Å². The van der Waals surface area contributed by atoms with E-state index in [1.807, 2.05) is 18.2 Å².